The van der Waals surface area contributed by atoms with Gasteiger partial charge >= 0.3 is 5.97 Å². The van der Waals surface area contributed by atoms with Crippen molar-refractivity contribution in [2.24, 2.45) is 5.92 Å². The average molecular weight is 279 g/mol. The molecule has 4 heteroatoms. The van der Waals surface area contributed by atoms with Crippen molar-refractivity contribution in [3.63, 3.8) is 0 Å². The number of rotatable bonds is 3. The Labute approximate surface area is 119 Å². The maximum atomic E-state index is 11.6. The van der Waals surface area contributed by atoms with E-state index in [0.29, 0.717) is 17.5 Å². The second-order valence-corrected chi connectivity index (χ2v) is 6.06. The standard InChI is InChI=1S/C15H21NO2S/c1-10-6-5-9-16(11(10)2)12-7-4-8-13(19-3)14(12)15(17)18/h4,7-8,10-11H,5-6,9H2,1-3H3,(H,17,18). The molecule has 1 fully saturated rings. The fourth-order valence-corrected chi connectivity index (χ4v) is 3.43. The van der Waals surface area contributed by atoms with Gasteiger partial charge in [0.2, 0.25) is 0 Å². The third-order valence-corrected chi connectivity index (χ3v) is 4.90. The van der Waals surface area contributed by atoms with Gasteiger partial charge in [0.1, 0.15) is 0 Å². The minimum absolute atomic E-state index is 0.393. The average Bonchev–Trinajstić information content (AvgIpc) is 2.40. The zero-order chi connectivity index (χ0) is 14.0. The Bertz CT molecular complexity index is 475. The molecule has 19 heavy (non-hydrogen) atoms. The van der Waals surface area contributed by atoms with Crippen LogP contribution in [0.4, 0.5) is 5.69 Å². The molecule has 0 bridgehead atoms. The van der Waals surface area contributed by atoms with E-state index in [1.54, 1.807) is 0 Å². The van der Waals surface area contributed by atoms with E-state index >= 15 is 0 Å². The van der Waals surface area contributed by atoms with Crippen LogP contribution in [0.5, 0.6) is 0 Å². The molecule has 104 valence electrons. The van der Waals surface area contributed by atoms with Crippen molar-refractivity contribution in [2.45, 2.75) is 37.6 Å². The highest BCUT2D eigenvalue weighted by molar-refractivity contribution is 7.98. The Hall–Kier alpha value is -1.16. The first kappa shape index (κ1) is 14.3. The number of carbonyl (C=O) groups is 1. The summed E-state index contributed by atoms with van der Waals surface area (Å²) < 4.78 is 0. The van der Waals surface area contributed by atoms with E-state index in [-0.39, 0.29) is 0 Å². The molecular weight excluding hydrogens is 258 g/mol. The minimum Gasteiger partial charge on any atom is -0.478 e. The second kappa shape index (κ2) is 5.87. The van der Waals surface area contributed by atoms with E-state index in [1.807, 2.05) is 24.5 Å². The molecule has 1 aromatic carbocycles. The Morgan fingerprint density at radius 2 is 2.16 bits per heavy atom. The number of anilines is 1. The van der Waals surface area contributed by atoms with Gasteiger partial charge in [0.25, 0.3) is 0 Å². The highest BCUT2D eigenvalue weighted by Crippen LogP contribution is 2.34. The molecule has 3 nitrogen and oxygen atoms in total. The number of hydrogen-bond donors (Lipinski definition) is 1. The van der Waals surface area contributed by atoms with Gasteiger partial charge < -0.3 is 10.0 Å². The summed E-state index contributed by atoms with van der Waals surface area (Å²) in [6, 6.07) is 6.18. The number of nitrogens with zero attached hydrogens (tertiary/aromatic N) is 1. The molecule has 2 unspecified atom stereocenters. The van der Waals surface area contributed by atoms with Crippen molar-refractivity contribution in [2.75, 3.05) is 17.7 Å². The van der Waals surface area contributed by atoms with Crippen LogP contribution in [-0.2, 0) is 0 Å². The van der Waals surface area contributed by atoms with Gasteiger partial charge in [0.05, 0.1) is 11.3 Å². The van der Waals surface area contributed by atoms with Crippen LogP contribution in [0.2, 0.25) is 0 Å². The number of hydrogen-bond acceptors (Lipinski definition) is 3. The lowest BCUT2D eigenvalue weighted by molar-refractivity contribution is 0.0693. The van der Waals surface area contributed by atoms with Crippen LogP contribution in [0, 0.1) is 5.92 Å². The largest absolute Gasteiger partial charge is 0.478 e. The van der Waals surface area contributed by atoms with E-state index in [1.165, 1.54) is 18.2 Å². The maximum absolute atomic E-state index is 11.6. The molecule has 2 atom stereocenters. The van der Waals surface area contributed by atoms with Crippen LogP contribution in [-0.4, -0.2) is 29.9 Å². The number of thioether (sulfide) groups is 1. The molecule has 1 aliphatic heterocycles. The van der Waals surface area contributed by atoms with Crippen LogP contribution >= 0.6 is 11.8 Å². The zero-order valence-corrected chi connectivity index (χ0v) is 12.5. The zero-order valence-electron chi connectivity index (χ0n) is 11.7. The smallest absolute Gasteiger partial charge is 0.338 e. The van der Waals surface area contributed by atoms with Gasteiger partial charge in [-0.15, -0.1) is 11.8 Å². The quantitative estimate of drug-likeness (QED) is 0.856. The summed E-state index contributed by atoms with van der Waals surface area (Å²) in [6.45, 7) is 5.39. The lowest BCUT2D eigenvalue weighted by Crippen LogP contribution is -2.43. The maximum Gasteiger partial charge on any atom is 0.338 e. The summed E-state index contributed by atoms with van der Waals surface area (Å²) in [4.78, 5) is 14.7. The summed E-state index contributed by atoms with van der Waals surface area (Å²) in [7, 11) is 0. The Morgan fingerprint density at radius 1 is 1.42 bits per heavy atom. The molecule has 0 aliphatic carbocycles. The summed E-state index contributed by atoms with van der Waals surface area (Å²) in [5.74, 6) is -0.223. The summed E-state index contributed by atoms with van der Waals surface area (Å²) in [5, 5.41) is 9.52. The highest BCUT2D eigenvalue weighted by atomic mass is 32.2. The molecule has 1 aromatic rings. The van der Waals surface area contributed by atoms with Crippen LogP contribution in [0.15, 0.2) is 23.1 Å². The molecular formula is C15H21NO2S. The van der Waals surface area contributed by atoms with Gasteiger partial charge in [0, 0.05) is 17.5 Å². The van der Waals surface area contributed by atoms with Crippen LogP contribution in [0.25, 0.3) is 0 Å². The molecule has 0 aromatic heterocycles. The number of carboxylic acids is 1. The Balaban J connectivity index is 2.46. The molecule has 1 aliphatic rings. The first-order valence-electron chi connectivity index (χ1n) is 6.73. The van der Waals surface area contributed by atoms with E-state index in [0.717, 1.165) is 23.5 Å². The lowest BCUT2D eigenvalue weighted by Gasteiger charge is -2.40. The Kier molecular flexibility index (Phi) is 4.40. The summed E-state index contributed by atoms with van der Waals surface area (Å²) in [6.07, 6.45) is 4.28. The van der Waals surface area contributed by atoms with E-state index in [9.17, 15) is 9.90 Å². The summed E-state index contributed by atoms with van der Waals surface area (Å²) in [5.41, 5.74) is 1.33. The van der Waals surface area contributed by atoms with Crippen molar-refractivity contribution in [3.05, 3.63) is 23.8 Å². The van der Waals surface area contributed by atoms with Crippen molar-refractivity contribution < 1.29 is 9.90 Å². The van der Waals surface area contributed by atoms with Gasteiger partial charge in [0.15, 0.2) is 0 Å². The first-order valence-corrected chi connectivity index (χ1v) is 7.95. The molecule has 1 N–H and O–H groups in total. The topological polar surface area (TPSA) is 40.5 Å². The van der Waals surface area contributed by atoms with Crippen molar-refractivity contribution in [1.29, 1.82) is 0 Å². The second-order valence-electron chi connectivity index (χ2n) is 5.21. The molecule has 1 saturated heterocycles. The normalized spacial score (nSPS) is 23.4. The molecule has 0 saturated carbocycles. The SMILES string of the molecule is CSc1cccc(N2CCCC(C)C2C)c1C(=O)O. The van der Waals surface area contributed by atoms with Crippen molar-refractivity contribution in [3.8, 4) is 0 Å². The van der Waals surface area contributed by atoms with Gasteiger partial charge in [-0.1, -0.05) is 13.0 Å². The number of aromatic carboxylic acids is 1. The van der Waals surface area contributed by atoms with E-state index in [4.69, 9.17) is 0 Å². The predicted octanol–water partition coefficient (Wildman–Crippen LogP) is 3.73. The van der Waals surface area contributed by atoms with Crippen LogP contribution in [0.1, 0.15) is 37.0 Å². The predicted molar refractivity (Wildman–Crippen MR) is 80.4 cm³/mol. The molecule has 1 heterocycles. The fraction of sp³-hybridized carbons (Fsp3) is 0.533. The van der Waals surface area contributed by atoms with Gasteiger partial charge in [-0.05, 0) is 44.1 Å². The van der Waals surface area contributed by atoms with Crippen molar-refractivity contribution >= 4 is 23.4 Å². The molecule has 0 spiro atoms. The molecule has 2 rings (SSSR count). The van der Waals surface area contributed by atoms with E-state index < -0.39 is 5.97 Å². The fourth-order valence-electron chi connectivity index (χ4n) is 2.82. The van der Waals surface area contributed by atoms with Crippen molar-refractivity contribution in [1.82, 2.24) is 0 Å². The first-order chi connectivity index (χ1) is 9.06. The summed E-state index contributed by atoms with van der Waals surface area (Å²) >= 11 is 1.50. The highest BCUT2D eigenvalue weighted by Gasteiger charge is 2.28. The van der Waals surface area contributed by atoms with Crippen LogP contribution in [0.3, 0.4) is 0 Å². The van der Waals surface area contributed by atoms with Gasteiger partial charge in [-0.25, -0.2) is 4.79 Å². The van der Waals surface area contributed by atoms with Crippen LogP contribution < -0.4 is 4.90 Å². The Morgan fingerprint density at radius 3 is 2.79 bits per heavy atom. The van der Waals surface area contributed by atoms with Gasteiger partial charge in [-0.2, -0.15) is 0 Å². The number of benzene rings is 1. The number of piperidine rings is 1. The van der Waals surface area contributed by atoms with Gasteiger partial charge in [-0.3, -0.25) is 0 Å². The third kappa shape index (κ3) is 2.73. The monoisotopic (exact) mass is 279 g/mol. The molecule has 0 amide bonds. The molecule has 0 radical (unpaired) electrons. The van der Waals surface area contributed by atoms with E-state index in [2.05, 4.69) is 18.7 Å². The lowest BCUT2D eigenvalue weighted by atomic mass is 9.91. The minimum atomic E-state index is -0.828. The number of carboxylic acid groups (broad SMARTS) is 1. The third-order valence-electron chi connectivity index (χ3n) is 4.12.